The van der Waals surface area contributed by atoms with Gasteiger partial charge in [-0.1, -0.05) is 23.7 Å². The van der Waals surface area contributed by atoms with Crippen molar-refractivity contribution in [3.63, 3.8) is 0 Å². The summed E-state index contributed by atoms with van der Waals surface area (Å²) in [7, 11) is 3.14. The van der Waals surface area contributed by atoms with Gasteiger partial charge in [-0.15, -0.1) is 0 Å². The van der Waals surface area contributed by atoms with Crippen molar-refractivity contribution in [2.24, 2.45) is 7.05 Å². The van der Waals surface area contributed by atoms with Crippen molar-refractivity contribution in [2.45, 2.75) is 25.2 Å². The van der Waals surface area contributed by atoms with Crippen molar-refractivity contribution in [3.8, 4) is 5.75 Å². The van der Waals surface area contributed by atoms with Crippen LogP contribution in [0.2, 0.25) is 5.02 Å². The van der Waals surface area contributed by atoms with Gasteiger partial charge in [0.05, 0.1) is 18.9 Å². The first kappa shape index (κ1) is 25.1. The van der Waals surface area contributed by atoms with Crippen molar-refractivity contribution in [1.82, 2.24) is 19.6 Å². The average Bonchev–Trinajstić information content (AvgIpc) is 3.23. The Bertz CT molecular complexity index is 1180. The zero-order valence-corrected chi connectivity index (χ0v) is 20.2. The van der Waals surface area contributed by atoms with Gasteiger partial charge in [0.2, 0.25) is 0 Å². The number of carbonyl (C=O) groups excluding carboxylic acids is 1. The number of aryl methyl sites for hydroxylation is 1. The van der Waals surface area contributed by atoms with Crippen molar-refractivity contribution >= 4 is 17.5 Å². The number of halogens is 4. The Morgan fingerprint density at radius 1 is 1.14 bits per heavy atom. The second-order valence-electron chi connectivity index (χ2n) is 8.69. The van der Waals surface area contributed by atoms with Crippen molar-refractivity contribution in [3.05, 3.63) is 82.1 Å². The smallest absolute Gasteiger partial charge is 0.416 e. The van der Waals surface area contributed by atoms with E-state index in [0.29, 0.717) is 37.6 Å². The summed E-state index contributed by atoms with van der Waals surface area (Å²) in [4.78, 5) is 17.4. The van der Waals surface area contributed by atoms with E-state index in [1.807, 2.05) is 25.4 Å². The van der Waals surface area contributed by atoms with Crippen LogP contribution >= 0.6 is 11.6 Å². The molecule has 3 aromatic rings. The summed E-state index contributed by atoms with van der Waals surface area (Å²) in [5.41, 5.74) is 1.09. The molecule has 0 bridgehead atoms. The lowest BCUT2D eigenvalue weighted by Gasteiger charge is -2.41. The third kappa shape index (κ3) is 6.15. The first-order valence-electron chi connectivity index (χ1n) is 11.1. The van der Waals surface area contributed by atoms with Gasteiger partial charge in [0.25, 0.3) is 5.91 Å². The van der Waals surface area contributed by atoms with E-state index in [2.05, 4.69) is 10.00 Å². The molecule has 10 heteroatoms. The van der Waals surface area contributed by atoms with E-state index >= 15 is 0 Å². The van der Waals surface area contributed by atoms with Crippen LogP contribution in [0.4, 0.5) is 13.2 Å². The van der Waals surface area contributed by atoms with Crippen LogP contribution in [-0.2, 0) is 26.2 Å². The third-order valence-corrected chi connectivity index (χ3v) is 6.35. The standard InChI is InChI=1S/C25H26ClF3N4O2/c1-31-14-18(13-30-31)15-32-7-8-33(22(16-32)9-17-3-5-21(26)6-4-17)24(34)19-10-20(25(27,28)29)12-23(11-19)35-2/h3-6,10-14,22H,7-9,15-16H2,1-2H3. The van der Waals surface area contributed by atoms with E-state index < -0.39 is 17.6 Å². The number of piperazine rings is 1. The Morgan fingerprint density at radius 2 is 1.89 bits per heavy atom. The van der Waals surface area contributed by atoms with E-state index in [1.54, 1.807) is 27.9 Å². The normalized spacial score (nSPS) is 17.0. The Labute approximate surface area is 206 Å². The number of carbonyl (C=O) groups is 1. The number of hydrogen-bond acceptors (Lipinski definition) is 4. The minimum absolute atomic E-state index is 0.00681. The molecule has 0 saturated carbocycles. The number of ether oxygens (including phenoxy) is 1. The number of aromatic nitrogens is 2. The van der Waals surface area contributed by atoms with E-state index in [0.717, 1.165) is 23.3 Å². The maximum absolute atomic E-state index is 13.5. The SMILES string of the molecule is COc1cc(C(=O)N2CCN(Cc3cnn(C)c3)CC2Cc2ccc(Cl)cc2)cc(C(F)(F)F)c1. The number of methoxy groups -OCH3 is 1. The molecule has 1 aliphatic heterocycles. The molecule has 186 valence electrons. The van der Waals surface area contributed by atoms with Gasteiger partial charge in [0.15, 0.2) is 0 Å². The quantitative estimate of drug-likeness (QED) is 0.487. The molecule has 0 N–H and O–H groups in total. The van der Waals surface area contributed by atoms with Gasteiger partial charge in [-0.2, -0.15) is 18.3 Å². The Morgan fingerprint density at radius 3 is 2.51 bits per heavy atom. The van der Waals surface area contributed by atoms with Crippen molar-refractivity contribution < 1.29 is 22.7 Å². The van der Waals surface area contributed by atoms with Gasteiger partial charge >= 0.3 is 6.18 Å². The van der Waals surface area contributed by atoms with Crippen LogP contribution < -0.4 is 4.74 Å². The highest BCUT2D eigenvalue weighted by atomic mass is 35.5. The molecule has 6 nitrogen and oxygen atoms in total. The monoisotopic (exact) mass is 506 g/mol. The van der Waals surface area contributed by atoms with Crippen LogP contribution in [0.1, 0.15) is 27.0 Å². The van der Waals surface area contributed by atoms with Crippen LogP contribution in [-0.4, -0.2) is 58.3 Å². The maximum atomic E-state index is 13.5. The van der Waals surface area contributed by atoms with Gasteiger partial charge in [0.1, 0.15) is 5.75 Å². The second-order valence-corrected chi connectivity index (χ2v) is 9.12. The number of hydrogen-bond donors (Lipinski definition) is 0. The van der Waals surface area contributed by atoms with Gasteiger partial charge in [-0.3, -0.25) is 14.4 Å². The van der Waals surface area contributed by atoms with E-state index in [9.17, 15) is 18.0 Å². The Kier molecular flexibility index (Phi) is 7.37. The zero-order valence-electron chi connectivity index (χ0n) is 19.4. The highest BCUT2D eigenvalue weighted by Crippen LogP contribution is 2.33. The minimum Gasteiger partial charge on any atom is -0.497 e. The van der Waals surface area contributed by atoms with E-state index in [4.69, 9.17) is 16.3 Å². The molecule has 1 atom stereocenters. The summed E-state index contributed by atoms with van der Waals surface area (Å²) >= 11 is 6.02. The van der Waals surface area contributed by atoms with E-state index in [-0.39, 0.29) is 17.4 Å². The zero-order chi connectivity index (χ0) is 25.2. The highest BCUT2D eigenvalue weighted by Gasteiger charge is 2.35. The summed E-state index contributed by atoms with van der Waals surface area (Å²) in [5, 5.41) is 4.82. The molecule has 1 aliphatic rings. The topological polar surface area (TPSA) is 50.6 Å². The lowest BCUT2D eigenvalue weighted by Crippen LogP contribution is -2.55. The Balaban J connectivity index is 1.61. The number of nitrogens with zero attached hydrogens (tertiary/aromatic N) is 4. The van der Waals surface area contributed by atoms with E-state index in [1.165, 1.54) is 13.2 Å². The predicted octanol–water partition coefficient (Wildman–Crippen LogP) is 4.67. The third-order valence-electron chi connectivity index (χ3n) is 6.09. The van der Waals surface area contributed by atoms with Gasteiger partial charge < -0.3 is 9.64 Å². The lowest BCUT2D eigenvalue weighted by molar-refractivity contribution is -0.137. The molecule has 1 unspecified atom stereocenters. The number of benzene rings is 2. The minimum atomic E-state index is -4.59. The van der Waals surface area contributed by atoms with Crippen LogP contribution in [0, 0.1) is 0 Å². The number of alkyl halides is 3. The van der Waals surface area contributed by atoms with Crippen LogP contribution in [0.25, 0.3) is 0 Å². The molecule has 1 aromatic heterocycles. The fourth-order valence-electron chi connectivity index (χ4n) is 4.38. The lowest BCUT2D eigenvalue weighted by atomic mass is 10.00. The molecule has 0 aliphatic carbocycles. The molecule has 1 fully saturated rings. The second kappa shape index (κ2) is 10.3. The summed E-state index contributed by atoms with van der Waals surface area (Å²) in [6.45, 7) is 2.22. The fourth-order valence-corrected chi connectivity index (χ4v) is 4.51. The maximum Gasteiger partial charge on any atom is 0.416 e. The van der Waals surface area contributed by atoms with Gasteiger partial charge in [-0.05, 0) is 42.3 Å². The molecular weight excluding hydrogens is 481 g/mol. The van der Waals surface area contributed by atoms with Crippen LogP contribution in [0.5, 0.6) is 5.75 Å². The summed E-state index contributed by atoms with van der Waals surface area (Å²) in [6.07, 6.45) is -0.293. The van der Waals surface area contributed by atoms with Crippen LogP contribution in [0.3, 0.4) is 0 Å². The Hall–Kier alpha value is -3.04. The van der Waals surface area contributed by atoms with Gasteiger partial charge in [-0.25, -0.2) is 0 Å². The molecular formula is C25H26ClF3N4O2. The predicted molar refractivity (Wildman–Crippen MR) is 126 cm³/mol. The fraction of sp³-hybridized carbons (Fsp3) is 0.360. The number of amides is 1. The molecule has 35 heavy (non-hydrogen) atoms. The molecule has 1 saturated heterocycles. The molecule has 0 spiro atoms. The average molecular weight is 507 g/mol. The van der Waals surface area contributed by atoms with Gasteiger partial charge in [0, 0.05) is 61.6 Å². The van der Waals surface area contributed by atoms with Crippen molar-refractivity contribution in [2.75, 3.05) is 26.7 Å². The first-order chi connectivity index (χ1) is 16.6. The summed E-state index contributed by atoms with van der Waals surface area (Å²) in [5.74, 6) is -0.456. The molecule has 2 aromatic carbocycles. The molecule has 1 amide bonds. The molecule has 2 heterocycles. The largest absolute Gasteiger partial charge is 0.497 e. The summed E-state index contributed by atoms with van der Waals surface area (Å²) in [6, 6.07) is 10.3. The first-order valence-corrected chi connectivity index (χ1v) is 11.5. The van der Waals surface area contributed by atoms with Crippen LogP contribution in [0.15, 0.2) is 54.9 Å². The van der Waals surface area contributed by atoms with Crippen molar-refractivity contribution in [1.29, 1.82) is 0 Å². The molecule has 0 radical (unpaired) electrons. The number of rotatable bonds is 6. The molecule has 4 rings (SSSR count). The highest BCUT2D eigenvalue weighted by molar-refractivity contribution is 6.30. The summed E-state index contributed by atoms with van der Waals surface area (Å²) < 4.78 is 47.1.